The van der Waals surface area contributed by atoms with Crippen LogP contribution in [-0.2, 0) is 4.79 Å². The molecule has 0 saturated carbocycles. The molecule has 17 heavy (non-hydrogen) atoms. The highest BCUT2D eigenvalue weighted by atomic mass is 32.1. The van der Waals surface area contributed by atoms with Gasteiger partial charge in [-0.15, -0.1) is 0 Å². The highest BCUT2D eigenvalue weighted by Crippen LogP contribution is 2.36. The van der Waals surface area contributed by atoms with E-state index >= 15 is 0 Å². The fourth-order valence-corrected chi connectivity index (χ4v) is 2.41. The third kappa shape index (κ3) is 3.60. The minimum absolute atomic E-state index is 0.250. The molecule has 2 aromatic rings. The van der Waals surface area contributed by atoms with Crippen molar-refractivity contribution in [2.24, 2.45) is 0 Å². The zero-order valence-corrected chi connectivity index (χ0v) is 10.5. The highest BCUT2D eigenvalue weighted by Gasteiger charge is 2.06. The smallest absolute Gasteiger partial charge is 0.290 e. The fraction of sp³-hybridized carbons (Fsp3) is 0.154. The number of carbonyl (C=O) groups is 1. The molecule has 0 radical (unpaired) electrons. The van der Waals surface area contributed by atoms with Gasteiger partial charge in [0.05, 0.1) is 7.11 Å². The molecular weight excluding hydrogens is 236 g/mol. The van der Waals surface area contributed by atoms with Crippen molar-refractivity contribution in [1.82, 2.24) is 0 Å². The van der Waals surface area contributed by atoms with Crippen LogP contribution in [0.4, 0.5) is 0 Å². The van der Waals surface area contributed by atoms with Crippen molar-refractivity contribution in [2.75, 3.05) is 7.11 Å². The zero-order chi connectivity index (χ0) is 12.7. The Bertz CT molecular complexity index is 463. The quantitative estimate of drug-likeness (QED) is 0.830. The molecule has 0 saturated heterocycles. The van der Waals surface area contributed by atoms with Crippen LogP contribution in [0.2, 0.25) is 0 Å². The van der Waals surface area contributed by atoms with Crippen molar-refractivity contribution in [1.29, 1.82) is 0 Å². The van der Waals surface area contributed by atoms with Crippen LogP contribution in [0.3, 0.4) is 0 Å². The number of aryl methyl sites for hydroxylation is 1. The van der Waals surface area contributed by atoms with Crippen molar-refractivity contribution >= 4 is 17.8 Å². The van der Waals surface area contributed by atoms with Crippen LogP contribution in [0, 0.1) is 6.92 Å². The lowest BCUT2D eigenvalue weighted by atomic mass is 10.2. The number of benzene rings is 1. The minimum atomic E-state index is -0.250. The van der Waals surface area contributed by atoms with Gasteiger partial charge < -0.3 is 9.84 Å². The monoisotopic (exact) mass is 250 g/mol. The second-order valence-corrected chi connectivity index (χ2v) is 4.27. The molecule has 0 spiro atoms. The molecule has 0 amide bonds. The summed E-state index contributed by atoms with van der Waals surface area (Å²) in [5.74, 6) is 0. The molecule has 1 N–H and O–H groups in total. The maximum Gasteiger partial charge on any atom is 0.290 e. The number of hydrogen-bond acceptors (Lipinski definition) is 3. The Morgan fingerprint density at radius 3 is 2.35 bits per heavy atom. The SMILES string of the molecule is COc1sc(-c2ccccc2)cc1C.O=CO. The van der Waals surface area contributed by atoms with E-state index in [0.29, 0.717) is 0 Å². The Morgan fingerprint density at radius 2 is 1.88 bits per heavy atom. The average molecular weight is 250 g/mol. The highest BCUT2D eigenvalue weighted by molar-refractivity contribution is 7.17. The van der Waals surface area contributed by atoms with Crippen LogP contribution in [0.1, 0.15) is 5.56 Å². The molecule has 0 bridgehead atoms. The van der Waals surface area contributed by atoms with Crippen LogP contribution in [-0.4, -0.2) is 18.7 Å². The predicted octanol–water partition coefficient (Wildman–Crippen LogP) is 3.43. The Labute approximate surface area is 104 Å². The Hall–Kier alpha value is -1.81. The lowest BCUT2D eigenvalue weighted by Gasteiger charge is -1.94. The van der Waals surface area contributed by atoms with Crippen LogP contribution < -0.4 is 4.74 Å². The summed E-state index contributed by atoms with van der Waals surface area (Å²) < 4.78 is 5.27. The summed E-state index contributed by atoms with van der Waals surface area (Å²) in [5, 5.41) is 7.89. The van der Waals surface area contributed by atoms with Crippen LogP contribution >= 0.6 is 11.3 Å². The molecule has 3 nitrogen and oxygen atoms in total. The van der Waals surface area contributed by atoms with Gasteiger partial charge in [0.2, 0.25) is 0 Å². The van der Waals surface area contributed by atoms with Gasteiger partial charge in [0.25, 0.3) is 6.47 Å². The second-order valence-electron chi connectivity index (χ2n) is 3.26. The van der Waals surface area contributed by atoms with E-state index in [2.05, 4.69) is 37.3 Å². The van der Waals surface area contributed by atoms with Crippen molar-refractivity contribution < 1.29 is 14.6 Å². The van der Waals surface area contributed by atoms with E-state index in [1.807, 2.05) is 6.07 Å². The molecular formula is C13H14O3S. The standard InChI is InChI=1S/C12H12OS.CH2O2/c1-9-8-11(14-12(9)13-2)10-6-4-3-5-7-10;2-1-3/h3-8H,1-2H3;1H,(H,2,3). The molecule has 0 aliphatic carbocycles. The van der Waals surface area contributed by atoms with Crippen LogP contribution in [0.15, 0.2) is 36.4 Å². The lowest BCUT2D eigenvalue weighted by molar-refractivity contribution is -0.122. The summed E-state index contributed by atoms with van der Waals surface area (Å²) in [4.78, 5) is 9.62. The van der Waals surface area contributed by atoms with Gasteiger partial charge in [-0.25, -0.2) is 0 Å². The van der Waals surface area contributed by atoms with Crippen molar-refractivity contribution in [3.63, 3.8) is 0 Å². The largest absolute Gasteiger partial charge is 0.487 e. The summed E-state index contributed by atoms with van der Waals surface area (Å²) >= 11 is 1.69. The van der Waals surface area contributed by atoms with E-state index in [-0.39, 0.29) is 6.47 Å². The summed E-state index contributed by atoms with van der Waals surface area (Å²) in [6.45, 7) is 1.82. The molecule has 0 fully saturated rings. The zero-order valence-electron chi connectivity index (χ0n) is 9.71. The van der Waals surface area contributed by atoms with Gasteiger partial charge in [0, 0.05) is 10.4 Å². The summed E-state index contributed by atoms with van der Waals surface area (Å²) in [6, 6.07) is 12.5. The molecule has 1 aromatic carbocycles. The number of hydrogen-bond donors (Lipinski definition) is 1. The van der Waals surface area contributed by atoms with Crippen LogP contribution in [0.5, 0.6) is 5.06 Å². The second kappa shape index (κ2) is 6.70. The molecule has 0 aliphatic heterocycles. The van der Waals surface area contributed by atoms with Crippen molar-refractivity contribution in [2.45, 2.75) is 6.92 Å². The lowest BCUT2D eigenvalue weighted by Crippen LogP contribution is -1.77. The van der Waals surface area contributed by atoms with E-state index in [4.69, 9.17) is 14.6 Å². The van der Waals surface area contributed by atoms with Crippen molar-refractivity contribution in [3.05, 3.63) is 42.0 Å². The third-order valence-corrected chi connectivity index (χ3v) is 3.36. The van der Waals surface area contributed by atoms with Gasteiger partial charge in [0.15, 0.2) is 5.06 Å². The van der Waals surface area contributed by atoms with Gasteiger partial charge in [-0.1, -0.05) is 41.7 Å². The first kappa shape index (κ1) is 13.3. The summed E-state index contributed by atoms with van der Waals surface area (Å²) in [6.07, 6.45) is 0. The first-order chi connectivity index (χ1) is 8.22. The van der Waals surface area contributed by atoms with E-state index in [0.717, 1.165) is 5.06 Å². The molecule has 90 valence electrons. The molecule has 0 aliphatic rings. The van der Waals surface area contributed by atoms with E-state index in [1.54, 1.807) is 18.4 Å². The Kier molecular flexibility index (Phi) is 5.23. The Balaban J connectivity index is 0.000000437. The first-order valence-corrected chi connectivity index (χ1v) is 5.82. The van der Waals surface area contributed by atoms with E-state index in [1.165, 1.54) is 16.0 Å². The average Bonchev–Trinajstić information content (AvgIpc) is 2.73. The minimum Gasteiger partial charge on any atom is -0.487 e. The molecule has 2 rings (SSSR count). The molecule has 0 unspecified atom stereocenters. The number of rotatable bonds is 2. The topological polar surface area (TPSA) is 46.5 Å². The normalized spacial score (nSPS) is 9.06. The fourth-order valence-electron chi connectivity index (χ4n) is 1.41. The molecule has 1 aromatic heterocycles. The van der Waals surface area contributed by atoms with Gasteiger partial charge in [-0.05, 0) is 18.6 Å². The van der Waals surface area contributed by atoms with E-state index in [9.17, 15) is 0 Å². The van der Waals surface area contributed by atoms with Crippen LogP contribution in [0.25, 0.3) is 10.4 Å². The van der Waals surface area contributed by atoms with E-state index < -0.39 is 0 Å². The summed E-state index contributed by atoms with van der Waals surface area (Å²) in [7, 11) is 1.72. The molecule has 1 heterocycles. The number of thiophene rings is 1. The predicted molar refractivity (Wildman–Crippen MR) is 69.7 cm³/mol. The maximum atomic E-state index is 8.36. The first-order valence-electron chi connectivity index (χ1n) is 5.00. The molecule has 0 atom stereocenters. The maximum absolute atomic E-state index is 8.36. The van der Waals surface area contributed by atoms with Gasteiger partial charge in [-0.3, -0.25) is 4.79 Å². The number of ether oxygens (including phenoxy) is 1. The van der Waals surface area contributed by atoms with Gasteiger partial charge >= 0.3 is 0 Å². The Morgan fingerprint density at radius 1 is 1.29 bits per heavy atom. The number of carboxylic acid groups (broad SMARTS) is 1. The van der Waals surface area contributed by atoms with Gasteiger partial charge in [0.1, 0.15) is 0 Å². The van der Waals surface area contributed by atoms with Crippen molar-refractivity contribution in [3.8, 4) is 15.5 Å². The summed E-state index contributed by atoms with van der Waals surface area (Å²) in [5.41, 5.74) is 2.46. The van der Waals surface area contributed by atoms with Gasteiger partial charge in [-0.2, -0.15) is 0 Å². The molecule has 4 heteroatoms. The number of methoxy groups -OCH3 is 1. The third-order valence-electron chi connectivity index (χ3n) is 2.12.